The van der Waals surface area contributed by atoms with Gasteiger partial charge in [-0.05, 0) is 49.2 Å². The van der Waals surface area contributed by atoms with Gasteiger partial charge in [0, 0.05) is 10.5 Å². The van der Waals surface area contributed by atoms with Crippen molar-refractivity contribution in [3.63, 3.8) is 0 Å². The third kappa shape index (κ3) is 4.41. The van der Waals surface area contributed by atoms with Crippen LogP contribution in [0.2, 0.25) is 0 Å². The average molecular weight is 394 g/mol. The summed E-state index contributed by atoms with van der Waals surface area (Å²) >= 11 is 3.51. The molecule has 0 fully saturated rings. The summed E-state index contributed by atoms with van der Waals surface area (Å²) in [5.41, 5.74) is 2.68. The second-order valence-electron chi connectivity index (χ2n) is 5.27. The first kappa shape index (κ1) is 18.1. The molecule has 0 atom stereocenters. The van der Waals surface area contributed by atoms with Gasteiger partial charge in [-0.1, -0.05) is 15.9 Å². The molecule has 24 heavy (non-hydrogen) atoms. The topological polar surface area (TPSA) is 56.8 Å². The quantitative estimate of drug-likeness (QED) is 0.802. The van der Waals surface area contributed by atoms with Crippen LogP contribution >= 0.6 is 15.9 Å². The number of hydrogen-bond acceptors (Lipinski definition) is 4. The average Bonchev–Trinajstić information content (AvgIpc) is 2.58. The van der Waals surface area contributed by atoms with E-state index in [1.165, 1.54) is 7.11 Å². The molecule has 2 aromatic rings. The molecule has 1 amide bonds. The summed E-state index contributed by atoms with van der Waals surface area (Å²) < 4.78 is 17.0. The highest BCUT2D eigenvalue weighted by Crippen LogP contribution is 2.29. The van der Waals surface area contributed by atoms with Crippen molar-refractivity contribution in [2.24, 2.45) is 0 Å². The minimum Gasteiger partial charge on any atom is -0.497 e. The van der Waals surface area contributed by atoms with Crippen LogP contribution in [-0.2, 0) is 4.79 Å². The maximum atomic E-state index is 12.1. The number of hydrogen-bond donors (Lipinski definition) is 1. The summed E-state index contributed by atoms with van der Waals surface area (Å²) in [6, 6.07) is 8.96. The number of halogens is 1. The number of carbonyl (C=O) groups excluding carboxylic acids is 1. The molecule has 0 heterocycles. The minimum absolute atomic E-state index is 0.0876. The lowest BCUT2D eigenvalue weighted by molar-refractivity contribution is -0.118. The zero-order valence-corrected chi connectivity index (χ0v) is 15.7. The summed E-state index contributed by atoms with van der Waals surface area (Å²) in [6.45, 7) is 3.87. The molecular formula is C18H20BrNO4. The van der Waals surface area contributed by atoms with E-state index in [2.05, 4.69) is 21.2 Å². The molecule has 0 aliphatic rings. The molecule has 0 spiro atoms. The van der Waals surface area contributed by atoms with Gasteiger partial charge in [0.25, 0.3) is 5.91 Å². The van der Waals surface area contributed by atoms with Crippen molar-refractivity contribution in [3.05, 3.63) is 45.9 Å². The van der Waals surface area contributed by atoms with Crippen molar-refractivity contribution >= 4 is 27.5 Å². The monoisotopic (exact) mass is 393 g/mol. The highest BCUT2D eigenvalue weighted by molar-refractivity contribution is 9.10. The standard InChI is InChI=1S/C18H20BrNO4/c1-11-7-14(8-12(2)18(11)19)24-10-17(21)20-15-6-5-13(22-3)9-16(15)23-4/h5-9H,10H2,1-4H3,(H,20,21). The van der Waals surface area contributed by atoms with Crippen LogP contribution < -0.4 is 19.5 Å². The predicted molar refractivity (Wildman–Crippen MR) is 97.3 cm³/mol. The summed E-state index contributed by atoms with van der Waals surface area (Å²) in [4.78, 5) is 12.1. The zero-order chi connectivity index (χ0) is 17.7. The third-order valence-corrected chi connectivity index (χ3v) is 4.71. The fourth-order valence-corrected chi connectivity index (χ4v) is 2.46. The van der Waals surface area contributed by atoms with Crippen LogP contribution in [-0.4, -0.2) is 26.7 Å². The van der Waals surface area contributed by atoms with E-state index in [-0.39, 0.29) is 12.5 Å². The number of nitrogens with one attached hydrogen (secondary N) is 1. The molecule has 128 valence electrons. The van der Waals surface area contributed by atoms with Gasteiger partial charge in [0.2, 0.25) is 0 Å². The van der Waals surface area contributed by atoms with Crippen molar-refractivity contribution in [1.29, 1.82) is 0 Å². The lowest BCUT2D eigenvalue weighted by Crippen LogP contribution is -2.20. The van der Waals surface area contributed by atoms with E-state index in [1.54, 1.807) is 25.3 Å². The van der Waals surface area contributed by atoms with Crippen LogP contribution in [0, 0.1) is 13.8 Å². The number of anilines is 1. The molecule has 2 aromatic carbocycles. The summed E-state index contributed by atoms with van der Waals surface area (Å²) in [6.07, 6.45) is 0. The number of amides is 1. The number of carbonyl (C=O) groups is 1. The molecule has 0 bridgehead atoms. The molecule has 2 rings (SSSR count). The molecule has 0 saturated carbocycles. The summed E-state index contributed by atoms with van der Waals surface area (Å²) in [5.74, 6) is 1.57. The van der Waals surface area contributed by atoms with Gasteiger partial charge in [-0.25, -0.2) is 0 Å². The maximum absolute atomic E-state index is 12.1. The highest BCUT2D eigenvalue weighted by Gasteiger charge is 2.10. The van der Waals surface area contributed by atoms with E-state index in [1.807, 2.05) is 26.0 Å². The van der Waals surface area contributed by atoms with Gasteiger partial charge < -0.3 is 19.5 Å². The van der Waals surface area contributed by atoms with Crippen molar-refractivity contribution < 1.29 is 19.0 Å². The Kier molecular flexibility index (Phi) is 6.09. The van der Waals surface area contributed by atoms with E-state index in [0.29, 0.717) is 22.9 Å². The van der Waals surface area contributed by atoms with Crippen LogP contribution in [0.3, 0.4) is 0 Å². The first-order valence-electron chi connectivity index (χ1n) is 7.36. The van der Waals surface area contributed by atoms with E-state index < -0.39 is 0 Å². The Hall–Kier alpha value is -2.21. The molecule has 0 aliphatic carbocycles. The second kappa shape index (κ2) is 8.06. The Balaban J connectivity index is 2.01. The van der Waals surface area contributed by atoms with Crippen LogP contribution in [0.1, 0.15) is 11.1 Å². The number of aryl methyl sites for hydroxylation is 2. The van der Waals surface area contributed by atoms with Gasteiger partial charge in [-0.2, -0.15) is 0 Å². The Bertz CT molecular complexity index is 723. The summed E-state index contributed by atoms with van der Waals surface area (Å²) in [5, 5.41) is 2.77. The number of benzene rings is 2. The number of methoxy groups -OCH3 is 2. The molecule has 1 N–H and O–H groups in total. The second-order valence-corrected chi connectivity index (χ2v) is 6.07. The first-order valence-corrected chi connectivity index (χ1v) is 8.15. The van der Waals surface area contributed by atoms with Gasteiger partial charge in [-0.15, -0.1) is 0 Å². The minimum atomic E-state index is -0.267. The Morgan fingerprint density at radius 3 is 2.29 bits per heavy atom. The zero-order valence-electron chi connectivity index (χ0n) is 14.1. The normalized spacial score (nSPS) is 10.2. The molecule has 0 unspecified atom stereocenters. The maximum Gasteiger partial charge on any atom is 0.262 e. The molecule has 5 nitrogen and oxygen atoms in total. The molecule has 6 heteroatoms. The Morgan fingerprint density at radius 2 is 1.71 bits per heavy atom. The van der Waals surface area contributed by atoms with Gasteiger partial charge >= 0.3 is 0 Å². The van der Waals surface area contributed by atoms with E-state index >= 15 is 0 Å². The van der Waals surface area contributed by atoms with Crippen LogP contribution in [0.25, 0.3) is 0 Å². The summed E-state index contributed by atoms with van der Waals surface area (Å²) in [7, 11) is 3.11. The smallest absolute Gasteiger partial charge is 0.262 e. The molecule has 0 radical (unpaired) electrons. The van der Waals surface area contributed by atoms with Crippen molar-refractivity contribution in [1.82, 2.24) is 0 Å². The van der Waals surface area contributed by atoms with Crippen molar-refractivity contribution in [2.45, 2.75) is 13.8 Å². The van der Waals surface area contributed by atoms with Gasteiger partial charge in [0.1, 0.15) is 17.2 Å². The Labute approximate surface area is 150 Å². The lowest BCUT2D eigenvalue weighted by atomic mass is 10.1. The van der Waals surface area contributed by atoms with E-state index in [4.69, 9.17) is 14.2 Å². The predicted octanol–water partition coefficient (Wildman–Crippen LogP) is 4.10. The lowest BCUT2D eigenvalue weighted by Gasteiger charge is -2.13. The van der Waals surface area contributed by atoms with Crippen molar-refractivity contribution in [3.8, 4) is 17.2 Å². The fraction of sp³-hybridized carbons (Fsp3) is 0.278. The van der Waals surface area contributed by atoms with Gasteiger partial charge in [0.05, 0.1) is 19.9 Å². The number of rotatable bonds is 6. The first-order chi connectivity index (χ1) is 11.4. The highest BCUT2D eigenvalue weighted by atomic mass is 79.9. The number of ether oxygens (including phenoxy) is 3. The van der Waals surface area contributed by atoms with Crippen LogP contribution in [0.5, 0.6) is 17.2 Å². The molecule has 0 aliphatic heterocycles. The fourth-order valence-electron chi connectivity index (χ4n) is 2.23. The SMILES string of the molecule is COc1ccc(NC(=O)COc2cc(C)c(Br)c(C)c2)c(OC)c1. The van der Waals surface area contributed by atoms with Gasteiger partial charge in [0.15, 0.2) is 6.61 Å². The van der Waals surface area contributed by atoms with E-state index in [0.717, 1.165) is 15.6 Å². The van der Waals surface area contributed by atoms with Crippen LogP contribution in [0.15, 0.2) is 34.8 Å². The molecular weight excluding hydrogens is 374 g/mol. The van der Waals surface area contributed by atoms with Crippen LogP contribution in [0.4, 0.5) is 5.69 Å². The molecule has 0 saturated heterocycles. The molecule has 0 aromatic heterocycles. The van der Waals surface area contributed by atoms with E-state index in [9.17, 15) is 4.79 Å². The van der Waals surface area contributed by atoms with Gasteiger partial charge in [-0.3, -0.25) is 4.79 Å². The third-order valence-electron chi connectivity index (χ3n) is 3.46. The van der Waals surface area contributed by atoms with Crippen molar-refractivity contribution in [2.75, 3.05) is 26.1 Å². The largest absolute Gasteiger partial charge is 0.497 e. The Morgan fingerprint density at radius 1 is 1.04 bits per heavy atom.